The van der Waals surface area contributed by atoms with E-state index >= 15 is 0 Å². The van der Waals surface area contributed by atoms with Crippen LogP contribution in [0.25, 0.3) is 17.3 Å². The van der Waals surface area contributed by atoms with Crippen LogP contribution in [0.5, 0.6) is 0 Å². The average molecular weight is 386 g/mol. The van der Waals surface area contributed by atoms with Crippen LogP contribution in [0.4, 0.5) is 0 Å². The van der Waals surface area contributed by atoms with E-state index in [4.69, 9.17) is 27.6 Å². The van der Waals surface area contributed by atoms with Gasteiger partial charge >= 0.3 is 0 Å². The Morgan fingerprint density at radius 3 is 2.50 bits per heavy atom. The summed E-state index contributed by atoms with van der Waals surface area (Å²) in [5.41, 5.74) is 3.06. The first kappa shape index (κ1) is 16.8. The first-order valence-electron chi connectivity index (χ1n) is 7.86. The highest BCUT2D eigenvalue weighted by Gasteiger charge is 2.19. The molecule has 6 nitrogen and oxygen atoms in total. The molecular weight excluding hydrogens is 373 g/mol. The Morgan fingerprint density at radius 2 is 1.73 bits per heavy atom. The van der Waals surface area contributed by atoms with E-state index in [-0.39, 0.29) is 0 Å². The van der Waals surface area contributed by atoms with E-state index in [0.717, 1.165) is 16.9 Å². The summed E-state index contributed by atoms with van der Waals surface area (Å²) in [5, 5.41) is 17.8. The topological polar surface area (TPSA) is 69.6 Å². The summed E-state index contributed by atoms with van der Waals surface area (Å²) in [5.74, 6) is 0.818. The van der Waals surface area contributed by atoms with Gasteiger partial charge in [0.05, 0.1) is 22.8 Å². The van der Waals surface area contributed by atoms with Crippen molar-refractivity contribution in [3.05, 3.63) is 75.7 Å². The van der Waals surface area contributed by atoms with Crippen LogP contribution >= 0.6 is 23.2 Å². The van der Waals surface area contributed by atoms with Crippen molar-refractivity contribution in [2.45, 2.75) is 13.3 Å². The Bertz CT molecular complexity index is 1060. The minimum absolute atomic E-state index is 0.324. The van der Waals surface area contributed by atoms with Crippen LogP contribution in [-0.4, -0.2) is 25.2 Å². The number of nitrogens with zero attached hydrogens (tertiary/aromatic N) is 5. The van der Waals surface area contributed by atoms with Crippen molar-refractivity contribution in [2.75, 3.05) is 0 Å². The van der Waals surface area contributed by atoms with Gasteiger partial charge in [0.25, 0.3) is 5.89 Å². The molecule has 0 spiro atoms. The highest BCUT2D eigenvalue weighted by Crippen LogP contribution is 2.25. The van der Waals surface area contributed by atoms with Crippen LogP contribution in [0.15, 0.2) is 52.9 Å². The number of benzene rings is 2. The summed E-state index contributed by atoms with van der Waals surface area (Å²) in [6, 6.07) is 14.9. The minimum atomic E-state index is 0.324. The van der Waals surface area contributed by atoms with Crippen molar-refractivity contribution in [1.29, 1.82) is 0 Å². The Kier molecular flexibility index (Phi) is 4.44. The molecule has 0 aliphatic carbocycles. The third kappa shape index (κ3) is 3.21. The second kappa shape index (κ2) is 6.90. The molecule has 0 aliphatic rings. The van der Waals surface area contributed by atoms with Crippen LogP contribution in [0.3, 0.4) is 0 Å². The van der Waals surface area contributed by atoms with Crippen molar-refractivity contribution in [3.63, 3.8) is 0 Å². The zero-order chi connectivity index (χ0) is 18.1. The molecule has 0 aliphatic heterocycles. The van der Waals surface area contributed by atoms with E-state index in [2.05, 4.69) is 20.5 Å². The van der Waals surface area contributed by atoms with Gasteiger partial charge in [-0.15, -0.1) is 15.3 Å². The first-order chi connectivity index (χ1) is 12.6. The lowest BCUT2D eigenvalue weighted by Gasteiger charge is -2.04. The maximum atomic E-state index is 6.24. The minimum Gasteiger partial charge on any atom is -0.419 e. The third-order valence-corrected chi connectivity index (χ3v) is 4.48. The van der Waals surface area contributed by atoms with E-state index in [9.17, 15) is 0 Å². The van der Waals surface area contributed by atoms with Crippen molar-refractivity contribution in [1.82, 2.24) is 25.2 Å². The highest BCUT2D eigenvalue weighted by molar-refractivity contribution is 6.32. The number of aromatic nitrogens is 5. The highest BCUT2D eigenvalue weighted by atomic mass is 35.5. The number of halogens is 2. The number of para-hydroxylation sites is 1. The van der Waals surface area contributed by atoms with Crippen LogP contribution in [0.2, 0.25) is 10.0 Å². The van der Waals surface area contributed by atoms with Gasteiger partial charge in [0, 0.05) is 5.02 Å². The molecule has 8 heteroatoms. The first-order valence-corrected chi connectivity index (χ1v) is 8.62. The van der Waals surface area contributed by atoms with Crippen molar-refractivity contribution in [3.8, 4) is 17.3 Å². The lowest BCUT2D eigenvalue weighted by Crippen LogP contribution is -1.99. The fraction of sp³-hybridized carbons (Fsp3) is 0.111. The summed E-state index contributed by atoms with van der Waals surface area (Å²) in [4.78, 5) is 0. The summed E-state index contributed by atoms with van der Waals surface area (Å²) in [6.45, 7) is 1.88. The monoisotopic (exact) mass is 385 g/mol. The van der Waals surface area contributed by atoms with Crippen LogP contribution in [0, 0.1) is 6.92 Å². The second-order valence-electron chi connectivity index (χ2n) is 5.69. The van der Waals surface area contributed by atoms with Crippen molar-refractivity contribution in [2.24, 2.45) is 0 Å². The van der Waals surface area contributed by atoms with Crippen LogP contribution in [-0.2, 0) is 6.42 Å². The normalized spacial score (nSPS) is 11.0. The summed E-state index contributed by atoms with van der Waals surface area (Å²) < 4.78 is 7.41. The molecular formula is C18H13Cl2N5O. The largest absolute Gasteiger partial charge is 0.419 e. The predicted molar refractivity (Wildman–Crippen MR) is 98.7 cm³/mol. The molecule has 130 valence electrons. The average Bonchev–Trinajstić information content (AvgIpc) is 3.24. The molecule has 0 amide bonds. The van der Waals surface area contributed by atoms with Gasteiger partial charge in [-0.25, -0.2) is 4.68 Å². The van der Waals surface area contributed by atoms with Crippen molar-refractivity contribution >= 4 is 23.2 Å². The Hall–Kier alpha value is -2.70. The molecule has 0 saturated heterocycles. The van der Waals surface area contributed by atoms with Gasteiger partial charge in [-0.1, -0.05) is 52.7 Å². The van der Waals surface area contributed by atoms with Gasteiger partial charge in [-0.05, 0) is 36.8 Å². The Labute approximate surface area is 159 Å². The molecule has 4 rings (SSSR count). The van der Waals surface area contributed by atoms with E-state index in [0.29, 0.717) is 33.9 Å². The smallest absolute Gasteiger partial charge is 0.270 e. The summed E-state index contributed by atoms with van der Waals surface area (Å²) >= 11 is 12.1. The van der Waals surface area contributed by atoms with Gasteiger partial charge in [0.2, 0.25) is 5.89 Å². The lowest BCUT2D eigenvalue weighted by molar-refractivity contribution is 0.516. The van der Waals surface area contributed by atoms with Gasteiger partial charge in [0.1, 0.15) is 0 Å². The number of hydrogen-bond donors (Lipinski definition) is 0. The molecule has 2 heterocycles. The van der Waals surface area contributed by atoms with Crippen molar-refractivity contribution < 1.29 is 4.42 Å². The summed E-state index contributed by atoms with van der Waals surface area (Å²) in [7, 11) is 0. The summed E-state index contributed by atoms with van der Waals surface area (Å²) in [6.07, 6.45) is 0.516. The van der Waals surface area contributed by atoms with E-state index in [1.165, 1.54) is 0 Å². The van der Waals surface area contributed by atoms with E-state index in [1.807, 2.05) is 49.4 Å². The molecule has 4 aromatic rings. The number of hydrogen-bond acceptors (Lipinski definition) is 5. The molecule has 26 heavy (non-hydrogen) atoms. The van der Waals surface area contributed by atoms with Crippen LogP contribution in [0.1, 0.15) is 17.1 Å². The van der Waals surface area contributed by atoms with Gasteiger partial charge in [-0.3, -0.25) is 0 Å². The van der Waals surface area contributed by atoms with E-state index in [1.54, 1.807) is 10.7 Å². The molecule has 0 radical (unpaired) electrons. The van der Waals surface area contributed by atoms with Gasteiger partial charge in [-0.2, -0.15) is 0 Å². The maximum Gasteiger partial charge on any atom is 0.270 e. The van der Waals surface area contributed by atoms with Gasteiger partial charge < -0.3 is 4.42 Å². The Balaban J connectivity index is 1.62. The fourth-order valence-electron chi connectivity index (χ4n) is 2.58. The molecule has 0 atom stereocenters. The van der Waals surface area contributed by atoms with Gasteiger partial charge in [0.15, 0.2) is 5.69 Å². The maximum absolute atomic E-state index is 6.24. The lowest BCUT2D eigenvalue weighted by atomic mass is 10.1. The number of rotatable bonds is 4. The molecule has 0 saturated carbocycles. The molecule has 0 fully saturated rings. The predicted octanol–water partition coefficient (Wildman–Crippen LogP) is 4.52. The third-order valence-electron chi connectivity index (χ3n) is 3.91. The molecule has 0 bridgehead atoms. The Morgan fingerprint density at radius 1 is 0.962 bits per heavy atom. The zero-order valence-electron chi connectivity index (χ0n) is 13.7. The van der Waals surface area contributed by atoms with E-state index < -0.39 is 0 Å². The zero-order valence-corrected chi connectivity index (χ0v) is 15.2. The second-order valence-corrected chi connectivity index (χ2v) is 6.53. The SMILES string of the molecule is Cc1c(-c2nnc(Cc3ccc(Cl)cc3)o2)nnn1-c1ccccc1Cl. The van der Waals surface area contributed by atoms with Crippen LogP contribution < -0.4 is 0 Å². The molecule has 0 unspecified atom stereocenters. The fourth-order valence-corrected chi connectivity index (χ4v) is 2.92. The molecule has 2 aromatic carbocycles. The molecule has 0 N–H and O–H groups in total. The quantitative estimate of drug-likeness (QED) is 0.516. The standard InChI is InChI=1S/C18H13Cl2N5O/c1-11-17(22-24-25(11)15-5-3-2-4-14(15)20)18-23-21-16(26-18)10-12-6-8-13(19)9-7-12/h2-9H,10H2,1H3. The molecule has 2 aromatic heterocycles.